The van der Waals surface area contributed by atoms with Gasteiger partial charge in [0.2, 0.25) is 0 Å². The lowest BCUT2D eigenvalue weighted by molar-refractivity contribution is 0.0652. The van der Waals surface area contributed by atoms with E-state index in [9.17, 15) is 9.90 Å². The Hall–Kier alpha value is -1.36. The summed E-state index contributed by atoms with van der Waals surface area (Å²) in [5.74, 6) is 0.515. The smallest absolute Gasteiger partial charge is 0.257 e. The van der Waals surface area contributed by atoms with Crippen molar-refractivity contribution in [1.29, 1.82) is 0 Å². The van der Waals surface area contributed by atoms with E-state index in [0.717, 1.165) is 36.9 Å². The fourth-order valence-electron chi connectivity index (χ4n) is 4.22. The number of hydrogen-bond donors (Lipinski definition) is 1. The Balaban J connectivity index is 1.68. The fraction of sp³-hybridized carbons (Fsp3) is 0.778. The van der Waals surface area contributed by atoms with Crippen LogP contribution in [0.25, 0.3) is 0 Å². The molecule has 3 rings (SSSR count). The summed E-state index contributed by atoms with van der Waals surface area (Å²) in [6.07, 6.45) is 10.6. The van der Waals surface area contributed by atoms with Crippen molar-refractivity contribution in [3.8, 4) is 0 Å². The SMILES string of the molecule is Cc1c(C(=O)N(C)C2CCC(CO)CC2)cnn1C1CCCC1. The van der Waals surface area contributed by atoms with Gasteiger partial charge < -0.3 is 10.0 Å². The van der Waals surface area contributed by atoms with E-state index >= 15 is 0 Å². The number of aliphatic hydroxyl groups excluding tert-OH is 1. The largest absolute Gasteiger partial charge is 0.396 e. The van der Waals surface area contributed by atoms with E-state index in [2.05, 4.69) is 9.78 Å². The third-order valence-electron chi connectivity index (χ3n) is 5.89. The first kappa shape index (κ1) is 16.5. The van der Waals surface area contributed by atoms with Gasteiger partial charge in [0.25, 0.3) is 5.91 Å². The number of aliphatic hydroxyl groups is 1. The van der Waals surface area contributed by atoms with Gasteiger partial charge in [-0.1, -0.05) is 12.8 Å². The zero-order chi connectivity index (χ0) is 16.4. The van der Waals surface area contributed by atoms with Crippen LogP contribution in [0.4, 0.5) is 0 Å². The molecule has 128 valence electrons. The van der Waals surface area contributed by atoms with Crippen LogP contribution >= 0.6 is 0 Å². The lowest BCUT2D eigenvalue weighted by atomic mass is 9.86. The van der Waals surface area contributed by atoms with Crippen LogP contribution in [0, 0.1) is 12.8 Å². The van der Waals surface area contributed by atoms with E-state index in [1.807, 2.05) is 18.9 Å². The molecule has 0 atom stereocenters. The van der Waals surface area contributed by atoms with E-state index in [1.165, 1.54) is 25.7 Å². The molecule has 2 aliphatic rings. The Kier molecular flexibility index (Phi) is 5.05. The molecule has 0 aromatic carbocycles. The topological polar surface area (TPSA) is 58.4 Å². The highest BCUT2D eigenvalue weighted by molar-refractivity contribution is 5.95. The van der Waals surface area contributed by atoms with Crippen molar-refractivity contribution in [1.82, 2.24) is 14.7 Å². The minimum absolute atomic E-state index is 0.0965. The molecule has 0 bridgehead atoms. The van der Waals surface area contributed by atoms with E-state index in [4.69, 9.17) is 0 Å². The van der Waals surface area contributed by atoms with Crippen LogP contribution in [-0.4, -0.2) is 45.4 Å². The molecule has 2 aliphatic carbocycles. The number of carbonyl (C=O) groups excluding carboxylic acids is 1. The Labute approximate surface area is 138 Å². The van der Waals surface area contributed by atoms with Gasteiger partial charge in [-0.05, 0) is 51.4 Å². The molecule has 5 heteroatoms. The summed E-state index contributed by atoms with van der Waals surface area (Å²) >= 11 is 0. The minimum Gasteiger partial charge on any atom is -0.396 e. The van der Waals surface area contributed by atoms with Gasteiger partial charge >= 0.3 is 0 Å². The normalized spacial score (nSPS) is 25.7. The molecule has 23 heavy (non-hydrogen) atoms. The van der Waals surface area contributed by atoms with Crippen LogP contribution in [-0.2, 0) is 0 Å². The summed E-state index contributed by atoms with van der Waals surface area (Å²) in [4.78, 5) is 14.8. The lowest BCUT2D eigenvalue weighted by Crippen LogP contribution is -2.40. The van der Waals surface area contributed by atoms with Gasteiger partial charge in [0, 0.05) is 25.4 Å². The maximum atomic E-state index is 12.9. The number of nitrogens with zero attached hydrogens (tertiary/aromatic N) is 3. The summed E-state index contributed by atoms with van der Waals surface area (Å²) in [6.45, 7) is 2.30. The first-order valence-corrected chi connectivity index (χ1v) is 9.04. The molecule has 5 nitrogen and oxygen atoms in total. The van der Waals surface area contributed by atoms with Crippen LogP contribution in [0.5, 0.6) is 0 Å². The van der Waals surface area contributed by atoms with Crippen molar-refractivity contribution in [2.24, 2.45) is 5.92 Å². The monoisotopic (exact) mass is 319 g/mol. The molecule has 1 aromatic heterocycles. The molecule has 0 radical (unpaired) electrons. The van der Waals surface area contributed by atoms with Gasteiger partial charge in [-0.2, -0.15) is 5.10 Å². The average Bonchev–Trinajstić information content (AvgIpc) is 3.23. The molecule has 1 N–H and O–H groups in total. The van der Waals surface area contributed by atoms with Crippen LogP contribution in [0.15, 0.2) is 6.20 Å². The van der Waals surface area contributed by atoms with Crippen molar-refractivity contribution in [2.75, 3.05) is 13.7 Å². The standard InChI is InChI=1S/C18H29N3O2/c1-13-17(11-19-21(13)16-5-3-4-6-16)18(23)20(2)15-9-7-14(12-22)8-10-15/h11,14-16,22H,3-10,12H2,1-2H3. The summed E-state index contributed by atoms with van der Waals surface area (Å²) in [7, 11) is 1.92. The van der Waals surface area contributed by atoms with E-state index < -0.39 is 0 Å². The maximum Gasteiger partial charge on any atom is 0.257 e. The Morgan fingerprint density at radius 1 is 1.26 bits per heavy atom. The zero-order valence-electron chi connectivity index (χ0n) is 14.4. The molecule has 1 aromatic rings. The molecule has 2 saturated carbocycles. The van der Waals surface area contributed by atoms with Gasteiger partial charge in [-0.15, -0.1) is 0 Å². The van der Waals surface area contributed by atoms with Crippen molar-refractivity contribution < 1.29 is 9.90 Å². The molecule has 0 unspecified atom stereocenters. The average molecular weight is 319 g/mol. The highest BCUT2D eigenvalue weighted by atomic mass is 16.3. The van der Waals surface area contributed by atoms with Crippen LogP contribution in [0.1, 0.15) is 73.5 Å². The van der Waals surface area contributed by atoms with Crippen molar-refractivity contribution in [3.05, 3.63) is 17.5 Å². The van der Waals surface area contributed by atoms with Crippen LogP contribution in [0.2, 0.25) is 0 Å². The van der Waals surface area contributed by atoms with Gasteiger partial charge in [0.1, 0.15) is 0 Å². The minimum atomic E-state index is 0.0965. The van der Waals surface area contributed by atoms with Crippen molar-refractivity contribution in [3.63, 3.8) is 0 Å². The number of hydrogen-bond acceptors (Lipinski definition) is 3. The van der Waals surface area contributed by atoms with E-state index in [-0.39, 0.29) is 12.5 Å². The summed E-state index contributed by atoms with van der Waals surface area (Å²) < 4.78 is 2.07. The third kappa shape index (κ3) is 3.30. The fourth-order valence-corrected chi connectivity index (χ4v) is 4.22. The quantitative estimate of drug-likeness (QED) is 0.928. The zero-order valence-corrected chi connectivity index (χ0v) is 14.4. The Bertz CT molecular complexity index is 540. The molecule has 0 aliphatic heterocycles. The molecular formula is C18H29N3O2. The molecule has 1 amide bonds. The second-order valence-corrected chi connectivity index (χ2v) is 7.30. The highest BCUT2D eigenvalue weighted by Gasteiger charge is 2.29. The summed E-state index contributed by atoms with van der Waals surface area (Å²) in [5.41, 5.74) is 1.77. The second kappa shape index (κ2) is 7.04. The van der Waals surface area contributed by atoms with E-state index in [1.54, 1.807) is 6.20 Å². The van der Waals surface area contributed by atoms with Gasteiger partial charge in [-0.3, -0.25) is 9.48 Å². The molecular weight excluding hydrogens is 290 g/mol. The Morgan fingerprint density at radius 3 is 2.52 bits per heavy atom. The molecule has 2 fully saturated rings. The van der Waals surface area contributed by atoms with Crippen molar-refractivity contribution in [2.45, 2.75) is 70.4 Å². The number of rotatable bonds is 4. The van der Waals surface area contributed by atoms with E-state index in [0.29, 0.717) is 18.0 Å². The second-order valence-electron chi connectivity index (χ2n) is 7.30. The maximum absolute atomic E-state index is 12.9. The number of amides is 1. The molecule has 0 spiro atoms. The number of aromatic nitrogens is 2. The van der Waals surface area contributed by atoms with Gasteiger partial charge in [0.05, 0.1) is 17.8 Å². The summed E-state index contributed by atoms with van der Waals surface area (Å²) in [5, 5.41) is 13.8. The highest BCUT2D eigenvalue weighted by Crippen LogP contribution is 2.31. The third-order valence-corrected chi connectivity index (χ3v) is 5.89. The lowest BCUT2D eigenvalue weighted by Gasteiger charge is -2.34. The first-order chi connectivity index (χ1) is 11.1. The Morgan fingerprint density at radius 2 is 1.91 bits per heavy atom. The predicted octanol–water partition coefficient (Wildman–Crippen LogP) is 2.93. The predicted molar refractivity (Wildman–Crippen MR) is 89.4 cm³/mol. The van der Waals surface area contributed by atoms with Crippen LogP contribution < -0.4 is 0 Å². The molecule has 0 saturated heterocycles. The molecule has 1 heterocycles. The summed E-state index contributed by atoms with van der Waals surface area (Å²) in [6, 6.07) is 0.765. The van der Waals surface area contributed by atoms with Crippen molar-refractivity contribution >= 4 is 5.91 Å². The van der Waals surface area contributed by atoms with Gasteiger partial charge in [-0.25, -0.2) is 0 Å². The first-order valence-electron chi connectivity index (χ1n) is 9.04. The van der Waals surface area contributed by atoms with Crippen LogP contribution in [0.3, 0.4) is 0 Å². The van der Waals surface area contributed by atoms with Gasteiger partial charge in [0.15, 0.2) is 0 Å². The number of carbonyl (C=O) groups is 1.